The standard InChI is InChI=1S/C12H14N2O3/c1-15-10-4-8(5-11(6-10)16-2)3-9-7-17-12(13)14-9/h4-7H,3H2,1-2H3,(H2,13,14). The van der Waals surface area contributed by atoms with E-state index >= 15 is 0 Å². The van der Waals surface area contributed by atoms with E-state index in [-0.39, 0.29) is 6.01 Å². The molecule has 0 aliphatic heterocycles. The van der Waals surface area contributed by atoms with Crippen LogP contribution in [0.3, 0.4) is 0 Å². The van der Waals surface area contributed by atoms with Crippen molar-refractivity contribution in [1.29, 1.82) is 0 Å². The van der Waals surface area contributed by atoms with Crippen molar-refractivity contribution in [3.05, 3.63) is 35.7 Å². The van der Waals surface area contributed by atoms with Crippen LogP contribution in [0.1, 0.15) is 11.3 Å². The maximum absolute atomic E-state index is 5.42. The highest BCUT2D eigenvalue weighted by Gasteiger charge is 2.06. The fourth-order valence-electron chi connectivity index (χ4n) is 1.58. The lowest BCUT2D eigenvalue weighted by Crippen LogP contribution is -1.93. The predicted molar refractivity (Wildman–Crippen MR) is 63.3 cm³/mol. The Kier molecular flexibility index (Phi) is 3.18. The SMILES string of the molecule is COc1cc(Cc2coc(N)n2)cc(OC)c1. The summed E-state index contributed by atoms with van der Waals surface area (Å²) in [4.78, 5) is 4.05. The van der Waals surface area contributed by atoms with E-state index in [2.05, 4.69) is 4.98 Å². The molecule has 17 heavy (non-hydrogen) atoms. The molecule has 0 fully saturated rings. The van der Waals surface area contributed by atoms with Gasteiger partial charge in [-0.05, 0) is 17.7 Å². The van der Waals surface area contributed by atoms with Crippen molar-refractivity contribution in [2.45, 2.75) is 6.42 Å². The number of methoxy groups -OCH3 is 2. The molecule has 2 aromatic rings. The smallest absolute Gasteiger partial charge is 0.292 e. The fraction of sp³-hybridized carbons (Fsp3) is 0.250. The van der Waals surface area contributed by atoms with E-state index in [9.17, 15) is 0 Å². The van der Waals surface area contributed by atoms with Gasteiger partial charge in [-0.15, -0.1) is 0 Å². The highest BCUT2D eigenvalue weighted by molar-refractivity contribution is 5.39. The molecular formula is C12H14N2O3. The number of hydrogen-bond donors (Lipinski definition) is 1. The monoisotopic (exact) mass is 234 g/mol. The molecule has 1 heterocycles. The Hall–Kier alpha value is -2.17. The van der Waals surface area contributed by atoms with Gasteiger partial charge in [-0.25, -0.2) is 0 Å². The van der Waals surface area contributed by atoms with Gasteiger partial charge in [-0.2, -0.15) is 4.98 Å². The first-order valence-electron chi connectivity index (χ1n) is 5.13. The van der Waals surface area contributed by atoms with Gasteiger partial charge in [0.25, 0.3) is 6.01 Å². The van der Waals surface area contributed by atoms with E-state index in [0.29, 0.717) is 6.42 Å². The van der Waals surface area contributed by atoms with Gasteiger partial charge in [-0.3, -0.25) is 0 Å². The van der Waals surface area contributed by atoms with Crippen LogP contribution in [0, 0.1) is 0 Å². The zero-order valence-electron chi connectivity index (χ0n) is 9.77. The fourth-order valence-corrected chi connectivity index (χ4v) is 1.58. The predicted octanol–water partition coefficient (Wildman–Crippen LogP) is 1.86. The Labute approximate surface area is 99.2 Å². The maximum Gasteiger partial charge on any atom is 0.292 e. The molecule has 5 nitrogen and oxygen atoms in total. The van der Waals surface area contributed by atoms with Crippen LogP contribution in [-0.2, 0) is 6.42 Å². The lowest BCUT2D eigenvalue weighted by Gasteiger charge is -2.07. The molecule has 0 bridgehead atoms. The van der Waals surface area contributed by atoms with Gasteiger partial charge in [0.1, 0.15) is 17.8 Å². The molecule has 1 aromatic carbocycles. The summed E-state index contributed by atoms with van der Waals surface area (Å²) in [5, 5.41) is 0. The summed E-state index contributed by atoms with van der Waals surface area (Å²) < 4.78 is 15.3. The van der Waals surface area contributed by atoms with Crippen LogP contribution in [0.15, 0.2) is 28.9 Å². The summed E-state index contributed by atoms with van der Waals surface area (Å²) >= 11 is 0. The van der Waals surface area contributed by atoms with Gasteiger partial charge in [0.2, 0.25) is 0 Å². The number of anilines is 1. The lowest BCUT2D eigenvalue weighted by molar-refractivity contribution is 0.393. The third-order valence-electron chi connectivity index (χ3n) is 2.37. The number of nitrogens with two attached hydrogens (primary N) is 1. The summed E-state index contributed by atoms with van der Waals surface area (Å²) in [5.41, 5.74) is 7.22. The Bertz CT molecular complexity index is 486. The van der Waals surface area contributed by atoms with Crippen LogP contribution in [0.5, 0.6) is 11.5 Å². The molecule has 2 N–H and O–H groups in total. The topological polar surface area (TPSA) is 70.5 Å². The molecule has 2 rings (SSSR count). The molecule has 0 unspecified atom stereocenters. The van der Waals surface area contributed by atoms with Gasteiger partial charge < -0.3 is 19.6 Å². The second kappa shape index (κ2) is 4.78. The Morgan fingerprint density at radius 2 is 1.82 bits per heavy atom. The van der Waals surface area contributed by atoms with E-state index in [1.807, 2.05) is 18.2 Å². The minimum atomic E-state index is 0.176. The highest BCUT2D eigenvalue weighted by atomic mass is 16.5. The van der Waals surface area contributed by atoms with Crippen molar-refractivity contribution in [2.75, 3.05) is 20.0 Å². The first-order chi connectivity index (χ1) is 8.21. The molecule has 90 valence electrons. The molecule has 1 aromatic heterocycles. The molecule has 0 radical (unpaired) electrons. The molecule has 0 saturated heterocycles. The summed E-state index contributed by atoms with van der Waals surface area (Å²) in [7, 11) is 3.24. The Morgan fingerprint density at radius 1 is 1.18 bits per heavy atom. The lowest BCUT2D eigenvalue weighted by atomic mass is 10.1. The van der Waals surface area contributed by atoms with Crippen LogP contribution in [-0.4, -0.2) is 19.2 Å². The molecule has 0 aliphatic rings. The van der Waals surface area contributed by atoms with Crippen molar-refractivity contribution >= 4 is 6.01 Å². The number of rotatable bonds is 4. The first kappa shape index (κ1) is 11.3. The zero-order valence-corrected chi connectivity index (χ0v) is 9.77. The summed E-state index contributed by atoms with van der Waals surface area (Å²) in [5.74, 6) is 1.49. The molecule has 5 heteroatoms. The van der Waals surface area contributed by atoms with E-state index < -0.39 is 0 Å². The van der Waals surface area contributed by atoms with Crippen molar-refractivity contribution < 1.29 is 13.9 Å². The van der Waals surface area contributed by atoms with Gasteiger partial charge in [0.05, 0.1) is 19.9 Å². The van der Waals surface area contributed by atoms with Crippen molar-refractivity contribution in [1.82, 2.24) is 4.98 Å². The normalized spacial score (nSPS) is 10.2. The molecule has 0 spiro atoms. The quantitative estimate of drug-likeness (QED) is 0.874. The summed E-state index contributed by atoms with van der Waals surface area (Å²) in [6.45, 7) is 0. The summed E-state index contributed by atoms with van der Waals surface area (Å²) in [6, 6.07) is 5.84. The van der Waals surface area contributed by atoms with Gasteiger partial charge >= 0.3 is 0 Å². The van der Waals surface area contributed by atoms with E-state index in [0.717, 1.165) is 22.8 Å². The van der Waals surface area contributed by atoms with Crippen LogP contribution >= 0.6 is 0 Å². The number of hydrogen-bond acceptors (Lipinski definition) is 5. The van der Waals surface area contributed by atoms with Crippen molar-refractivity contribution in [3.63, 3.8) is 0 Å². The number of oxazole rings is 1. The number of aromatic nitrogens is 1. The van der Waals surface area contributed by atoms with Crippen molar-refractivity contribution in [2.24, 2.45) is 0 Å². The van der Waals surface area contributed by atoms with Gasteiger partial charge in [0.15, 0.2) is 0 Å². The van der Waals surface area contributed by atoms with E-state index in [4.69, 9.17) is 19.6 Å². The number of benzene rings is 1. The Balaban J connectivity index is 2.25. The maximum atomic E-state index is 5.42. The number of nitrogens with zero attached hydrogens (tertiary/aromatic N) is 1. The largest absolute Gasteiger partial charge is 0.497 e. The third kappa shape index (κ3) is 2.69. The van der Waals surface area contributed by atoms with Crippen LogP contribution in [0.25, 0.3) is 0 Å². The third-order valence-corrected chi connectivity index (χ3v) is 2.37. The van der Waals surface area contributed by atoms with Crippen molar-refractivity contribution in [3.8, 4) is 11.5 Å². The zero-order chi connectivity index (χ0) is 12.3. The average Bonchev–Trinajstić information content (AvgIpc) is 2.74. The number of nitrogen functional groups attached to an aromatic ring is 1. The first-order valence-corrected chi connectivity index (χ1v) is 5.13. The van der Waals surface area contributed by atoms with Gasteiger partial charge in [-0.1, -0.05) is 0 Å². The van der Waals surface area contributed by atoms with Crippen LogP contribution in [0.4, 0.5) is 6.01 Å². The van der Waals surface area contributed by atoms with Crippen LogP contribution in [0.2, 0.25) is 0 Å². The van der Waals surface area contributed by atoms with E-state index in [1.165, 1.54) is 0 Å². The second-order valence-corrected chi connectivity index (χ2v) is 3.57. The molecule has 0 atom stereocenters. The molecule has 0 aliphatic carbocycles. The molecular weight excluding hydrogens is 220 g/mol. The summed E-state index contributed by atoms with van der Waals surface area (Å²) in [6.07, 6.45) is 2.16. The highest BCUT2D eigenvalue weighted by Crippen LogP contribution is 2.24. The second-order valence-electron chi connectivity index (χ2n) is 3.57. The van der Waals surface area contributed by atoms with Gasteiger partial charge in [0, 0.05) is 12.5 Å². The van der Waals surface area contributed by atoms with E-state index in [1.54, 1.807) is 20.5 Å². The average molecular weight is 234 g/mol. The minimum absolute atomic E-state index is 0.176. The number of ether oxygens (including phenoxy) is 2. The Morgan fingerprint density at radius 3 is 2.29 bits per heavy atom. The molecule has 0 saturated carbocycles. The minimum Gasteiger partial charge on any atom is -0.497 e. The molecule has 0 amide bonds. The van der Waals surface area contributed by atoms with Crippen LogP contribution < -0.4 is 15.2 Å².